The highest BCUT2D eigenvalue weighted by Crippen LogP contribution is 2.31. The van der Waals surface area contributed by atoms with Crippen molar-refractivity contribution in [1.29, 1.82) is 0 Å². The largest absolute Gasteiger partial charge is 0.383 e. The van der Waals surface area contributed by atoms with Gasteiger partial charge in [0.1, 0.15) is 5.52 Å². The first-order valence-corrected chi connectivity index (χ1v) is 7.56. The van der Waals surface area contributed by atoms with Crippen LogP contribution in [-0.4, -0.2) is 29.5 Å². The summed E-state index contributed by atoms with van der Waals surface area (Å²) in [6.45, 7) is 5.15. The number of aromatic nitrogens is 1. The van der Waals surface area contributed by atoms with Crippen LogP contribution in [0.15, 0.2) is 30.5 Å². The van der Waals surface area contributed by atoms with E-state index in [-0.39, 0.29) is 16.0 Å². The topological polar surface area (TPSA) is 80.1 Å². The average molecular weight is 300 g/mol. The predicted molar refractivity (Wildman–Crippen MR) is 87.1 cm³/mol. The van der Waals surface area contributed by atoms with Gasteiger partial charge in [0.2, 0.25) is 0 Å². The second kappa shape index (κ2) is 5.88. The zero-order chi connectivity index (χ0) is 15.6. The highest BCUT2D eigenvalue weighted by atomic mass is 16.6. The third-order valence-electron chi connectivity index (χ3n) is 4.33. The normalized spacial score (nSPS) is 21.7. The van der Waals surface area contributed by atoms with Crippen LogP contribution in [0.2, 0.25) is 0 Å². The third-order valence-corrected chi connectivity index (χ3v) is 4.33. The molecule has 1 atom stereocenters. The predicted octanol–water partition coefficient (Wildman–Crippen LogP) is 2.94. The number of nitrogens with zero attached hydrogens (tertiary/aromatic N) is 2. The Morgan fingerprint density at radius 3 is 3.05 bits per heavy atom. The van der Waals surface area contributed by atoms with Gasteiger partial charge in [-0.15, -0.1) is 0 Å². The van der Waals surface area contributed by atoms with Crippen LogP contribution < -0.4 is 10.6 Å². The monoisotopic (exact) mass is 300 g/mol. The van der Waals surface area contributed by atoms with Crippen molar-refractivity contribution in [1.82, 2.24) is 10.3 Å². The van der Waals surface area contributed by atoms with Gasteiger partial charge in [-0.1, -0.05) is 6.92 Å². The van der Waals surface area contributed by atoms with Crippen LogP contribution in [0.3, 0.4) is 0 Å². The van der Waals surface area contributed by atoms with Crippen LogP contribution in [0, 0.1) is 15.5 Å². The van der Waals surface area contributed by atoms with E-state index < -0.39 is 0 Å². The first-order valence-electron chi connectivity index (χ1n) is 7.56. The molecule has 116 valence electrons. The van der Waals surface area contributed by atoms with Gasteiger partial charge in [0.15, 0.2) is 0 Å². The summed E-state index contributed by atoms with van der Waals surface area (Å²) in [7, 11) is 0. The molecule has 22 heavy (non-hydrogen) atoms. The molecular formula is C16H20N4O2. The number of pyridine rings is 1. The molecule has 3 rings (SSSR count). The van der Waals surface area contributed by atoms with E-state index in [0.29, 0.717) is 10.9 Å². The fourth-order valence-corrected chi connectivity index (χ4v) is 3.04. The van der Waals surface area contributed by atoms with Crippen molar-refractivity contribution in [3.8, 4) is 0 Å². The lowest BCUT2D eigenvalue weighted by atomic mass is 9.83. The van der Waals surface area contributed by atoms with Crippen molar-refractivity contribution in [2.45, 2.75) is 19.8 Å². The van der Waals surface area contributed by atoms with Gasteiger partial charge in [-0.05, 0) is 43.0 Å². The second-order valence-electron chi connectivity index (χ2n) is 6.23. The van der Waals surface area contributed by atoms with E-state index in [0.717, 1.165) is 25.3 Å². The number of benzene rings is 1. The summed E-state index contributed by atoms with van der Waals surface area (Å²) in [5.41, 5.74) is 1.80. The minimum absolute atomic E-state index is 0.0965. The summed E-state index contributed by atoms with van der Waals surface area (Å²) in [5, 5.41) is 18.6. The first kappa shape index (κ1) is 14.7. The van der Waals surface area contributed by atoms with E-state index in [9.17, 15) is 10.1 Å². The van der Waals surface area contributed by atoms with E-state index in [1.165, 1.54) is 12.8 Å². The summed E-state index contributed by atoms with van der Waals surface area (Å²) in [6.07, 6.45) is 4.02. The van der Waals surface area contributed by atoms with Gasteiger partial charge < -0.3 is 10.6 Å². The molecule has 1 aliphatic heterocycles. The number of anilines is 1. The van der Waals surface area contributed by atoms with Crippen LogP contribution in [0.1, 0.15) is 19.8 Å². The lowest BCUT2D eigenvalue weighted by molar-refractivity contribution is -0.383. The molecule has 2 N–H and O–H groups in total. The Bertz CT molecular complexity index is 696. The highest BCUT2D eigenvalue weighted by molar-refractivity contribution is 5.96. The van der Waals surface area contributed by atoms with Crippen molar-refractivity contribution in [3.63, 3.8) is 0 Å². The van der Waals surface area contributed by atoms with Crippen LogP contribution >= 0.6 is 0 Å². The maximum absolute atomic E-state index is 11.1. The maximum Gasteiger partial charge on any atom is 0.278 e. The Morgan fingerprint density at radius 2 is 2.32 bits per heavy atom. The smallest absolute Gasteiger partial charge is 0.278 e. The zero-order valence-corrected chi connectivity index (χ0v) is 12.6. The van der Waals surface area contributed by atoms with Crippen molar-refractivity contribution in [2.75, 3.05) is 25.0 Å². The number of rotatable bonds is 4. The molecule has 2 aromatic rings. The van der Waals surface area contributed by atoms with Crippen molar-refractivity contribution in [2.24, 2.45) is 5.41 Å². The Balaban J connectivity index is 1.88. The molecule has 1 aromatic carbocycles. The molecule has 1 aromatic heterocycles. The van der Waals surface area contributed by atoms with Crippen LogP contribution in [0.5, 0.6) is 0 Å². The molecule has 1 fully saturated rings. The summed E-state index contributed by atoms with van der Waals surface area (Å²) in [6, 6.07) is 6.78. The molecule has 1 aliphatic rings. The van der Waals surface area contributed by atoms with Crippen molar-refractivity contribution in [3.05, 3.63) is 40.6 Å². The molecule has 0 bridgehead atoms. The van der Waals surface area contributed by atoms with Crippen molar-refractivity contribution < 1.29 is 4.92 Å². The molecule has 0 aliphatic carbocycles. The quantitative estimate of drug-likeness (QED) is 0.670. The fourth-order valence-electron chi connectivity index (χ4n) is 3.04. The molecule has 0 saturated carbocycles. The number of nitrogens with one attached hydrogen (secondary N) is 2. The maximum atomic E-state index is 11.1. The molecule has 2 heterocycles. The molecule has 0 radical (unpaired) electrons. The fraction of sp³-hybridized carbons (Fsp3) is 0.438. The Hall–Kier alpha value is -2.21. The SMILES string of the molecule is CC1(CNc2ccc([N+](=O)[O-])c3cccnc23)CCCNC1. The number of nitro groups is 1. The minimum Gasteiger partial charge on any atom is -0.383 e. The van der Waals surface area contributed by atoms with Gasteiger partial charge in [-0.2, -0.15) is 0 Å². The van der Waals surface area contributed by atoms with Gasteiger partial charge in [0.05, 0.1) is 16.0 Å². The molecule has 1 unspecified atom stereocenters. The summed E-state index contributed by atoms with van der Waals surface area (Å²) in [4.78, 5) is 15.1. The Morgan fingerprint density at radius 1 is 1.45 bits per heavy atom. The molecule has 0 spiro atoms. The Kier molecular flexibility index (Phi) is 3.94. The number of fused-ring (bicyclic) bond motifs is 1. The van der Waals surface area contributed by atoms with Crippen LogP contribution in [0.4, 0.5) is 11.4 Å². The summed E-state index contributed by atoms with van der Waals surface area (Å²) >= 11 is 0. The Labute approximate surface area is 129 Å². The van der Waals surface area contributed by atoms with E-state index in [1.54, 1.807) is 30.5 Å². The van der Waals surface area contributed by atoms with E-state index >= 15 is 0 Å². The van der Waals surface area contributed by atoms with E-state index in [4.69, 9.17) is 0 Å². The lowest BCUT2D eigenvalue weighted by Crippen LogP contribution is -2.42. The number of piperidine rings is 1. The van der Waals surface area contributed by atoms with E-state index in [1.807, 2.05) is 0 Å². The summed E-state index contributed by atoms with van der Waals surface area (Å²) < 4.78 is 0. The average Bonchev–Trinajstić information content (AvgIpc) is 2.53. The standard InChI is InChI=1S/C16H20N4O2/c1-16(7-3-8-17-10-16)11-19-13-5-6-14(20(21)22)12-4-2-9-18-15(12)13/h2,4-6,9,17,19H,3,7-8,10-11H2,1H3. The van der Waals surface area contributed by atoms with E-state index in [2.05, 4.69) is 22.5 Å². The molecular weight excluding hydrogens is 280 g/mol. The molecule has 1 saturated heterocycles. The number of non-ortho nitro benzene ring substituents is 1. The van der Waals surface area contributed by atoms with Gasteiger partial charge in [0.25, 0.3) is 5.69 Å². The van der Waals surface area contributed by atoms with Crippen LogP contribution in [-0.2, 0) is 0 Å². The molecule has 6 heteroatoms. The molecule has 6 nitrogen and oxygen atoms in total. The number of hydrogen-bond donors (Lipinski definition) is 2. The second-order valence-corrected chi connectivity index (χ2v) is 6.23. The highest BCUT2D eigenvalue weighted by Gasteiger charge is 2.26. The number of hydrogen-bond acceptors (Lipinski definition) is 5. The first-order chi connectivity index (χ1) is 10.6. The molecule has 0 amide bonds. The third kappa shape index (κ3) is 2.87. The van der Waals surface area contributed by atoms with Gasteiger partial charge in [-0.3, -0.25) is 15.1 Å². The summed E-state index contributed by atoms with van der Waals surface area (Å²) in [5.74, 6) is 0. The van der Waals surface area contributed by atoms with Crippen LogP contribution in [0.25, 0.3) is 10.9 Å². The van der Waals surface area contributed by atoms with Gasteiger partial charge in [-0.25, -0.2) is 0 Å². The lowest BCUT2D eigenvalue weighted by Gasteiger charge is -2.34. The number of nitro benzene ring substituents is 1. The van der Waals surface area contributed by atoms with Gasteiger partial charge in [0, 0.05) is 25.4 Å². The van der Waals surface area contributed by atoms with Crippen molar-refractivity contribution >= 4 is 22.3 Å². The zero-order valence-electron chi connectivity index (χ0n) is 12.6. The van der Waals surface area contributed by atoms with Gasteiger partial charge >= 0.3 is 0 Å². The minimum atomic E-state index is -0.361.